The molecule has 0 radical (unpaired) electrons. The van der Waals surface area contributed by atoms with E-state index < -0.39 is 0 Å². The molecule has 0 aliphatic carbocycles. The van der Waals surface area contributed by atoms with Crippen LogP contribution in [0.25, 0.3) is 0 Å². The molecule has 5 nitrogen and oxygen atoms in total. The van der Waals surface area contributed by atoms with E-state index in [1.54, 1.807) is 0 Å². The number of aliphatic hydroxyl groups excluding tert-OH is 2. The third-order valence-electron chi connectivity index (χ3n) is 5.41. The largest absolute Gasteiger partial charge is 0.396 e. The van der Waals surface area contributed by atoms with Crippen molar-refractivity contribution in [2.75, 3.05) is 39.3 Å². The van der Waals surface area contributed by atoms with Gasteiger partial charge >= 0.3 is 0 Å². The van der Waals surface area contributed by atoms with Gasteiger partial charge in [0.1, 0.15) is 0 Å². The predicted octanol–water partition coefficient (Wildman–Crippen LogP) is 1.13. The van der Waals surface area contributed by atoms with Crippen LogP contribution in [0.2, 0.25) is 0 Å². The zero-order valence-electron chi connectivity index (χ0n) is 14.4. The summed E-state index contributed by atoms with van der Waals surface area (Å²) in [7, 11) is 0. The van der Waals surface area contributed by atoms with Crippen molar-refractivity contribution in [3.63, 3.8) is 0 Å². The molecule has 0 aromatic heterocycles. The van der Waals surface area contributed by atoms with E-state index in [1.165, 1.54) is 0 Å². The van der Waals surface area contributed by atoms with Crippen LogP contribution < -0.4 is 0 Å². The zero-order valence-corrected chi connectivity index (χ0v) is 14.4. The second kappa shape index (κ2) is 7.64. The van der Waals surface area contributed by atoms with E-state index in [0.717, 1.165) is 43.6 Å². The summed E-state index contributed by atoms with van der Waals surface area (Å²) in [6.45, 7) is 6.16. The molecule has 0 spiro atoms. The molecule has 3 rings (SSSR count). The van der Waals surface area contributed by atoms with E-state index in [1.807, 2.05) is 36.1 Å². The number of hydrogen-bond acceptors (Lipinski definition) is 4. The average molecular weight is 332 g/mol. The molecule has 2 heterocycles. The van der Waals surface area contributed by atoms with Gasteiger partial charge in [-0.05, 0) is 37.8 Å². The van der Waals surface area contributed by atoms with Gasteiger partial charge in [-0.2, -0.15) is 0 Å². The molecule has 132 valence electrons. The number of rotatable bonds is 4. The molecule has 1 aromatic rings. The van der Waals surface area contributed by atoms with Gasteiger partial charge in [-0.1, -0.05) is 17.7 Å². The van der Waals surface area contributed by atoms with Gasteiger partial charge in [0.2, 0.25) is 0 Å². The lowest BCUT2D eigenvalue weighted by atomic mass is 9.95. The minimum atomic E-state index is -0.169. The van der Waals surface area contributed by atoms with Gasteiger partial charge in [-0.15, -0.1) is 0 Å². The van der Waals surface area contributed by atoms with Crippen molar-refractivity contribution >= 4 is 5.91 Å². The number of amides is 1. The second-order valence-corrected chi connectivity index (χ2v) is 7.31. The Bertz CT molecular complexity index is 569. The number of likely N-dealkylation sites (tertiary alicyclic amines) is 2. The minimum Gasteiger partial charge on any atom is -0.396 e. The maximum Gasteiger partial charge on any atom is 0.253 e. The van der Waals surface area contributed by atoms with Crippen LogP contribution in [0.15, 0.2) is 24.3 Å². The molecular formula is C19H28N2O3. The number of benzene rings is 1. The predicted molar refractivity (Wildman–Crippen MR) is 92.8 cm³/mol. The lowest BCUT2D eigenvalue weighted by Gasteiger charge is -2.32. The van der Waals surface area contributed by atoms with E-state index in [0.29, 0.717) is 19.0 Å². The zero-order chi connectivity index (χ0) is 17.1. The first-order valence-electron chi connectivity index (χ1n) is 8.94. The fourth-order valence-electron chi connectivity index (χ4n) is 3.91. The Morgan fingerprint density at radius 1 is 1.21 bits per heavy atom. The maximum atomic E-state index is 12.7. The maximum absolute atomic E-state index is 12.7. The third-order valence-corrected chi connectivity index (χ3v) is 5.41. The lowest BCUT2D eigenvalue weighted by Crippen LogP contribution is -2.40. The first-order valence-corrected chi connectivity index (χ1v) is 8.94. The number of hydrogen-bond donors (Lipinski definition) is 2. The number of nitrogens with zero attached hydrogens (tertiary/aromatic N) is 2. The van der Waals surface area contributed by atoms with Crippen LogP contribution in [0, 0.1) is 18.8 Å². The van der Waals surface area contributed by atoms with Crippen molar-refractivity contribution < 1.29 is 15.0 Å². The minimum absolute atomic E-state index is 0.0636. The Morgan fingerprint density at radius 3 is 2.58 bits per heavy atom. The van der Waals surface area contributed by atoms with Crippen molar-refractivity contribution in [2.45, 2.75) is 25.9 Å². The van der Waals surface area contributed by atoms with E-state index in [4.69, 9.17) is 0 Å². The van der Waals surface area contributed by atoms with E-state index in [-0.39, 0.29) is 24.5 Å². The topological polar surface area (TPSA) is 64.0 Å². The fourth-order valence-corrected chi connectivity index (χ4v) is 3.91. The Morgan fingerprint density at radius 2 is 1.92 bits per heavy atom. The first kappa shape index (κ1) is 17.4. The van der Waals surface area contributed by atoms with Crippen molar-refractivity contribution in [3.05, 3.63) is 35.4 Å². The van der Waals surface area contributed by atoms with Crippen LogP contribution in [-0.2, 0) is 0 Å². The smallest absolute Gasteiger partial charge is 0.253 e. The molecule has 2 aliphatic heterocycles. The van der Waals surface area contributed by atoms with Gasteiger partial charge in [0.25, 0.3) is 5.91 Å². The number of piperidine rings is 1. The lowest BCUT2D eigenvalue weighted by molar-refractivity contribution is 0.0679. The summed E-state index contributed by atoms with van der Waals surface area (Å²) in [5, 5.41) is 19.4. The Balaban J connectivity index is 1.62. The van der Waals surface area contributed by atoms with Crippen LogP contribution >= 0.6 is 0 Å². The molecular weight excluding hydrogens is 304 g/mol. The van der Waals surface area contributed by atoms with Crippen LogP contribution in [0.4, 0.5) is 0 Å². The monoisotopic (exact) mass is 332 g/mol. The summed E-state index contributed by atoms with van der Waals surface area (Å²) in [5.74, 6) is 0.512. The standard InChI is InChI=1S/C19H28N2O3/c1-14-3-2-4-15(9-14)19(24)21-11-16(17(12-21)13-22)10-20-7-5-18(23)6-8-20/h2-4,9,16-18,22-23H,5-8,10-13H2,1H3. The van der Waals surface area contributed by atoms with Gasteiger partial charge in [0.15, 0.2) is 0 Å². The molecule has 2 atom stereocenters. The van der Waals surface area contributed by atoms with E-state index >= 15 is 0 Å². The highest BCUT2D eigenvalue weighted by Crippen LogP contribution is 2.27. The van der Waals surface area contributed by atoms with Crippen LogP contribution in [0.3, 0.4) is 0 Å². The van der Waals surface area contributed by atoms with Crippen LogP contribution in [0.1, 0.15) is 28.8 Å². The summed E-state index contributed by atoms with van der Waals surface area (Å²) >= 11 is 0. The average Bonchev–Trinajstić information content (AvgIpc) is 2.99. The molecule has 2 fully saturated rings. The summed E-state index contributed by atoms with van der Waals surface area (Å²) in [6, 6.07) is 7.70. The molecule has 5 heteroatoms. The van der Waals surface area contributed by atoms with Crippen molar-refractivity contribution in [1.29, 1.82) is 0 Å². The number of carbonyl (C=O) groups is 1. The van der Waals surface area contributed by atoms with Crippen molar-refractivity contribution in [2.24, 2.45) is 11.8 Å². The fraction of sp³-hybridized carbons (Fsp3) is 0.632. The molecule has 1 amide bonds. The summed E-state index contributed by atoms with van der Waals surface area (Å²) < 4.78 is 0. The molecule has 24 heavy (non-hydrogen) atoms. The quantitative estimate of drug-likeness (QED) is 0.868. The van der Waals surface area contributed by atoms with E-state index in [9.17, 15) is 15.0 Å². The third kappa shape index (κ3) is 3.97. The van der Waals surface area contributed by atoms with Gasteiger partial charge in [-0.25, -0.2) is 0 Å². The molecule has 2 unspecified atom stereocenters. The molecule has 2 saturated heterocycles. The normalized spacial score (nSPS) is 26.0. The highest BCUT2D eigenvalue weighted by atomic mass is 16.3. The number of aliphatic hydroxyl groups is 2. The van der Waals surface area contributed by atoms with Crippen molar-refractivity contribution in [1.82, 2.24) is 9.80 Å². The highest BCUT2D eigenvalue weighted by molar-refractivity contribution is 5.94. The number of carbonyl (C=O) groups excluding carboxylic acids is 1. The summed E-state index contributed by atoms with van der Waals surface area (Å²) in [5.41, 5.74) is 1.82. The molecule has 2 N–H and O–H groups in total. The van der Waals surface area contributed by atoms with Crippen LogP contribution in [0.5, 0.6) is 0 Å². The van der Waals surface area contributed by atoms with Gasteiger partial charge < -0.3 is 20.0 Å². The van der Waals surface area contributed by atoms with Gasteiger partial charge in [0, 0.05) is 50.8 Å². The molecule has 0 bridgehead atoms. The Hall–Kier alpha value is -1.43. The van der Waals surface area contributed by atoms with Crippen molar-refractivity contribution in [3.8, 4) is 0 Å². The first-order chi connectivity index (χ1) is 11.6. The summed E-state index contributed by atoms with van der Waals surface area (Å²) in [6.07, 6.45) is 1.48. The van der Waals surface area contributed by atoms with Gasteiger partial charge in [0.05, 0.1) is 6.10 Å². The molecule has 1 aromatic carbocycles. The van der Waals surface area contributed by atoms with Crippen LogP contribution in [-0.4, -0.2) is 71.4 Å². The Kier molecular flexibility index (Phi) is 5.54. The molecule has 2 aliphatic rings. The van der Waals surface area contributed by atoms with E-state index in [2.05, 4.69) is 4.90 Å². The summed E-state index contributed by atoms with van der Waals surface area (Å²) in [4.78, 5) is 17.0. The highest BCUT2D eigenvalue weighted by Gasteiger charge is 2.36. The SMILES string of the molecule is Cc1cccc(C(=O)N2CC(CO)C(CN3CCC(O)CC3)C2)c1. The van der Waals surface area contributed by atoms with Gasteiger partial charge in [-0.3, -0.25) is 4.79 Å². The molecule has 0 saturated carbocycles. The second-order valence-electron chi connectivity index (χ2n) is 7.31. The number of aryl methyl sites for hydroxylation is 1. The Labute approximate surface area is 143 Å².